The van der Waals surface area contributed by atoms with Crippen LogP contribution in [-0.4, -0.2) is 54.8 Å². The zero-order chi connectivity index (χ0) is 12.3. The zero-order valence-corrected chi connectivity index (χ0v) is 12.0. The van der Waals surface area contributed by atoms with Crippen LogP contribution in [0.3, 0.4) is 0 Å². The second-order valence-electron chi connectivity index (χ2n) is 5.35. The van der Waals surface area contributed by atoms with Gasteiger partial charge < -0.3 is 10.5 Å². The van der Waals surface area contributed by atoms with Crippen LogP contribution in [-0.2, 0) is 4.74 Å². The third-order valence-corrected chi connectivity index (χ3v) is 5.96. The third-order valence-electron chi connectivity index (χ3n) is 4.81. The highest BCUT2D eigenvalue weighted by Crippen LogP contribution is 2.36. The largest absolute Gasteiger partial charge is 0.381 e. The van der Waals surface area contributed by atoms with Crippen molar-refractivity contribution in [2.24, 2.45) is 11.7 Å². The number of hydrogen-bond donors (Lipinski definition) is 1. The van der Waals surface area contributed by atoms with Gasteiger partial charge in [-0.25, -0.2) is 0 Å². The lowest BCUT2D eigenvalue weighted by atomic mass is 9.78. The Bertz CT molecular complexity index is 234. The van der Waals surface area contributed by atoms with Crippen molar-refractivity contribution in [2.75, 3.05) is 38.3 Å². The Balaban J connectivity index is 2.13. The summed E-state index contributed by atoms with van der Waals surface area (Å²) in [6, 6.07) is 0.712. The van der Waals surface area contributed by atoms with Gasteiger partial charge in [-0.3, -0.25) is 4.90 Å². The second kappa shape index (κ2) is 5.91. The van der Waals surface area contributed by atoms with Gasteiger partial charge in [-0.15, -0.1) is 0 Å². The molecule has 0 aliphatic carbocycles. The minimum atomic E-state index is 0.159. The molecule has 2 aliphatic heterocycles. The minimum Gasteiger partial charge on any atom is -0.381 e. The van der Waals surface area contributed by atoms with Crippen LogP contribution in [0.1, 0.15) is 26.2 Å². The molecule has 0 spiro atoms. The first-order chi connectivity index (χ1) is 8.24. The summed E-state index contributed by atoms with van der Waals surface area (Å²) in [5, 5.41) is 0. The number of likely N-dealkylation sites (N-methyl/N-ethyl adjacent to an activating group) is 1. The van der Waals surface area contributed by atoms with Gasteiger partial charge in [0.2, 0.25) is 0 Å². The molecule has 0 saturated carbocycles. The van der Waals surface area contributed by atoms with Gasteiger partial charge in [0.1, 0.15) is 0 Å². The molecule has 100 valence electrons. The van der Waals surface area contributed by atoms with Crippen molar-refractivity contribution >= 4 is 11.8 Å². The molecule has 0 amide bonds. The highest BCUT2D eigenvalue weighted by Gasteiger charge is 2.44. The van der Waals surface area contributed by atoms with Gasteiger partial charge in [-0.1, -0.05) is 6.92 Å². The molecule has 0 radical (unpaired) electrons. The number of hydrogen-bond acceptors (Lipinski definition) is 4. The van der Waals surface area contributed by atoms with Crippen molar-refractivity contribution in [3.8, 4) is 0 Å². The fourth-order valence-electron chi connectivity index (χ4n) is 3.43. The summed E-state index contributed by atoms with van der Waals surface area (Å²) in [6.45, 7) is 4.86. The number of nitrogens with two attached hydrogens (primary N) is 1. The maximum atomic E-state index is 6.16. The lowest BCUT2D eigenvalue weighted by Crippen LogP contribution is -2.60. The smallest absolute Gasteiger partial charge is 0.0513 e. The van der Waals surface area contributed by atoms with E-state index in [-0.39, 0.29) is 5.54 Å². The molecule has 3 unspecified atom stereocenters. The quantitative estimate of drug-likeness (QED) is 0.812. The van der Waals surface area contributed by atoms with Crippen LogP contribution in [0.4, 0.5) is 0 Å². The van der Waals surface area contributed by atoms with Gasteiger partial charge in [0, 0.05) is 36.4 Å². The van der Waals surface area contributed by atoms with Crippen molar-refractivity contribution in [3.63, 3.8) is 0 Å². The number of rotatable bonds is 5. The SMILES string of the molecule is CCC(CN)(C1CCOC1)N(C)C1CCSC1. The van der Waals surface area contributed by atoms with E-state index in [1.54, 1.807) is 0 Å². The van der Waals surface area contributed by atoms with Crippen LogP contribution in [0.15, 0.2) is 0 Å². The molecule has 2 heterocycles. The Morgan fingerprint density at radius 1 is 1.47 bits per heavy atom. The van der Waals surface area contributed by atoms with E-state index in [0.29, 0.717) is 12.0 Å². The van der Waals surface area contributed by atoms with Gasteiger partial charge in [0.05, 0.1) is 6.61 Å². The fourth-order valence-corrected chi connectivity index (χ4v) is 4.70. The minimum absolute atomic E-state index is 0.159. The molecular weight excluding hydrogens is 232 g/mol. The van der Waals surface area contributed by atoms with E-state index >= 15 is 0 Å². The molecular formula is C13H26N2OS. The van der Waals surface area contributed by atoms with Crippen molar-refractivity contribution in [1.82, 2.24) is 4.90 Å². The highest BCUT2D eigenvalue weighted by atomic mass is 32.2. The Morgan fingerprint density at radius 3 is 2.76 bits per heavy atom. The van der Waals surface area contributed by atoms with E-state index in [9.17, 15) is 0 Å². The summed E-state index contributed by atoms with van der Waals surface area (Å²) in [7, 11) is 2.28. The number of ether oxygens (including phenoxy) is 1. The van der Waals surface area contributed by atoms with E-state index in [1.807, 2.05) is 0 Å². The molecule has 2 aliphatic rings. The monoisotopic (exact) mass is 258 g/mol. The van der Waals surface area contributed by atoms with E-state index in [4.69, 9.17) is 10.5 Å². The third kappa shape index (κ3) is 2.50. The Labute approximate surface area is 109 Å². The summed E-state index contributed by atoms with van der Waals surface area (Å²) in [5.41, 5.74) is 6.32. The van der Waals surface area contributed by atoms with Crippen LogP contribution in [0.5, 0.6) is 0 Å². The topological polar surface area (TPSA) is 38.5 Å². The van der Waals surface area contributed by atoms with Gasteiger partial charge in [0.15, 0.2) is 0 Å². The average molecular weight is 258 g/mol. The summed E-state index contributed by atoms with van der Waals surface area (Å²) in [6.07, 6.45) is 3.63. The molecule has 0 aromatic rings. The van der Waals surface area contributed by atoms with Crippen molar-refractivity contribution < 1.29 is 4.74 Å². The lowest BCUT2D eigenvalue weighted by molar-refractivity contribution is 0.0230. The molecule has 2 saturated heterocycles. The normalized spacial score (nSPS) is 33.2. The van der Waals surface area contributed by atoms with Crippen LogP contribution >= 0.6 is 11.8 Å². The highest BCUT2D eigenvalue weighted by molar-refractivity contribution is 7.99. The fraction of sp³-hybridized carbons (Fsp3) is 1.00. The van der Waals surface area contributed by atoms with Crippen molar-refractivity contribution in [1.29, 1.82) is 0 Å². The zero-order valence-electron chi connectivity index (χ0n) is 11.2. The lowest BCUT2D eigenvalue weighted by Gasteiger charge is -2.47. The molecule has 0 bridgehead atoms. The maximum absolute atomic E-state index is 6.16. The van der Waals surface area contributed by atoms with Gasteiger partial charge >= 0.3 is 0 Å². The molecule has 3 nitrogen and oxygen atoms in total. The Hall–Kier alpha value is 0.230. The Morgan fingerprint density at radius 2 is 2.29 bits per heavy atom. The second-order valence-corrected chi connectivity index (χ2v) is 6.50. The van der Waals surface area contributed by atoms with E-state index < -0.39 is 0 Å². The molecule has 0 aromatic carbocycles. The average Bonchev–Trinajstić information content (AvgIpc) is 3.04. The first-order valence-corrected chi connectivity index (χ1v) is 7.98. The molecule has 2 N–H and O–H groups in total. The Kier molecular flexibility index (Phi) is 4.75. The maximum Gasteiger partial charge on any atom is 0.0513 e. The van der Waals surface area contributed by atoms with E-state index in [1.165, 1.54) is 24.3 Å². The van der Waals surface area contributed by atoms with Crippen LogP contribution < -0.4 is 5.73 Å². The van der Waals surface area contributed by atoms with Gasteiger partial charge in [-0.2, -0.15) is 11.8 Å². The number of thioether (sulfide) groups is 1. The summed E-state index contributed by atoms with van der Waals surface area (Å²) < 4.78 is 5.59. The van der Waals surface area contributed by atoms with E-state index in [0.717, 1.165) is 26.2 Å². The summed E-state index contributed by atoms with van der Waals surface area (Å²) in [4.78, 5) is 2.59. The predicted molar refractivity (Wildman–Crippen MR) is 74.5 cm³/mol. The van der Waals surface area contributed by atoms with Gasteiger partial charge in [-0.05, 0) is 32.1 Å². The first-order valence-electron chi connectivity index (χ1n) is 6.83. The molecule has 3 atom stereocenters. The molecule has 2 rings (SSSR count). The van der Waals surface area contributed by atoms with Crippen LogP contribution in [0, 0.1) is 5.92 Å². The summed E-state index contributed by atoms with van der Waals surface area (Å²) in [5.74, 6) is 3.19. The standard InChI is InChI=1S/C13H26N2OS/c1-3-13(10-14,11-4-6-16-8-11)15(2)12-5-7-17-9-12/h11-12H,3-10,14H2,1-2H3. The summed E-state index contributed by atoms with van der Waals surface area (Å²) >= 11 is 2.08. The first kappa shape index (κ1) is 13.7. The van der Waals surface area contributed by atoms with E-state index in [2.05, 4.69) is 30.6 Å². The predicted octanol–water partition coefficient (Wildman–Crippen LogP) is 1.57. The molecule has 2 fully saturated rings. The van der Waals surface area contributed by atoms with Crippen LogP contribution in [0.2, 0.25) is 0 Å². The van der Waals surface area contributed by atoms with Crippen molar-refractivity contribution in [2.45, 2.75) is 37.8 Å². The number of nitrogens with zero attached hydrogens (tertiary/aromatic N) is 1. The van der Waals surface area contributed by atoms with Crippen LogP contribution in [0.25, 0.3) is 0 Å². The van der Waals surface area contributed by atoms with Crippen molar-refractivity contribution in [3.05, 3.63) is 0 Å². The molecule has 0 aromatic heterocycles. The molecule has 17 heavy (non-hydrogen) atoms. The van der Waals surface area contributed by atoms with Gasteiger partial charge in [0.25, 0.3) is 0 Å². The molecule has 4 heteroatoms.